The molecule has 1 saturated carbocycles. The maximum Gasteiger partial charge on any atom is 0.319 e. The van der Waals surface area contributed by atoms with Crippen molar-refractivity contribution in [2.45, 2.75) is 32.2 Å². The Morgan fingerprint density at radius 3 is 2.38 bits per heavy atom. The topological polar surface area (TPSA) is 70.2 Å². The third-order valence-electron chi connectivity index (χ3n) is 4.52. The lowest BCUT2D eigenvalue weighted by molar-refractivity contribution is -0.121. The van der Waals surface area contributed by atoms with Gasteiger partial charge in [-0.3, -0.25) is 4.79 Å². The number of para-hydroxylation sites is 1. The summed E-state index contributed by atoms with van der Waals surface area (Å²) in [5.74, 6) is 0.485. The van der Waals surface area contributed by atoms with Gasteiger partial charge in [-0.25, -0.2) is 4.79 Å². The van der Waals surface area contributed by atoms with E-state index >= 15 is 0 Å². The fourth-order valence-corrected chi connectivity index (χ4v) is 2.91. The molecule has 136 valence electrons. The van der Waals surface area contributed by atoms with E-state index in [0.717, 1.165) is 24.1 Å². The van der Waals surface area contributed by atoms with Crippen LogP contribution in [0.3, 0.4) is 0 Å². The van der Waals surface area contributed by atoms with E-state index in [1.165, 1.54) is 5.56 Å². The molecular weight excluding hydrogens is 326 g/mol. The molecule has 2 aromatic rings. The molecule has 5 heteroatoms. The van der Waals surface area contributed by atoms with Gasteiger partial charge in [0.25, 0.3) is 0 Å². The summed E-state index contributed by atoms with van der Waals surface area (Å²) in [4.78, 5) is 24.1. The number of urea groups is 1. The summed E-state index contributed by atoms with van der Waals surface area (Å²) in [6.45, 7) is 2.36. The summed E-state index contributed by atoms with van der Waals surface area (Å²) >= 11 is 0. The number of carbonyl (C=O) groups is 2. The van der Waals surface area contributed by atoms with Crippen LogP contribution in [0.5, 0.6) is 0 Å². The van der Waals surface area contributed by atoms with Gasteiger partial charge in [-0.15, -0.1) is 0 Å². The Morgan fingerprint density at radius 1 is 1.04 bits per heavy atom. The van der Waals surface area contributed by atoms with Crippen LogP contribution >= 0.6 is 0 Å². The fraction of sp³-hybridized carbons (Fsp3) is 0.333. The third-order valence-corrected chi connectivity index (χ3v) is 4.52. The summed E-state index contributed by atoms with van der Waals surface area (Å²) < 4.78 is 0. The van der Waals surface area contributed by atoms with Crippen LogP contribution in [0.25, 0.3) is 0 Å². The van der Waals surface area contributed by atoms with E-state index in [9.17, 15) is 9.59 Å². The number of amides is 3. The van der Waals surface area contributed by atoms with Gasteiger partial charge in [0.15, 0.2) is 0 Å². The number of hydrogen-bond acceptors (Lipinski definition) is 2. The predicted octanol–water partition coefficient (Wildman–Crippen LogP) is 3.77. The van der Waals surface area contributed by atoms with Crippen LogP contribution in [0.4, 0.5) is 10.5 Å². The number of rotatable bonds is 7. The molecule has 1 aliphatic carbocycles. The maximum atomic E-state index is 12.3. The van der Waals surface area contributed by atoms with Gasteiger partial charge < -0.3 is 16.0 Å². The van der Waals surface area contributed by atoms with Crippen molar-refractivity contribution in [3.05, 3.63) is 65.7 Å². The lowest BCUT2D eigenvalue weighted by Gasteiger charge is -2.19. The molecule has 0 heterocycles. The van der Waals surface area contributed by atoms with Crippen molar-refractivity contribution in [1.82, 2.24) is 10.6 Å². The molecule has 5 nitrogen and oxygen atoms in total. The number of hydrogen-bond donors (Lipinski definition) is 3. The Balaban J connectivity index is 1.44. The van der Waals surface area contributed by atoms with E-state index in [0.29, 0.717) is 12.5 Å². The first kappa shape index (κ1) is 18.0. The summed E-state index contributed by atoms with van der Waals surface area (Å²) in [7, 11) is 0. The molecule has 0 spiro atoms. The van der Waals surface area contributed by atoms with E-state index in [1.54, 1.807) is 0 Å². The molecule has 26 heavy (non-hydrogen) atoms. The van der Waals surface area contributed by atoms with E-state index < -0.39 is 0 Å². The molecule has 1 unspecified atom stereocenters. The van der Waals surface area contributed by atoms with E-state index in [2.05, 4.69) is 47.1 Å². The lowest BCUT2D eigenvalue weighted by atomic mass is 10.0. The average molecular weight is 351 g/mol. The fourth-order valence-electron chi connectivity index (χ4n) is 2.91. The minimum absolute atomic E-state index is 0.0394. The highest BCUT2D eigenvalue weighted by molar-refractivity contribution is 5.89. The van der Waals surface area contributed by atoms with Crippen molar-refractivity contribution in [2.75, 3.05) is 11.9 Å². The Kier molecular flexibility index (Phi) is 5.89. The van der Waals surface area contributed by atoms with Crippen LogP contribution in [0.1, 0.15) is 36.4 Å². The summed E-state index contributed by atoms with van der Waals surface area (Å²) in [6.07, 6.45) is 2.56. The molecule has 1 aliphatic rings. The molecule has 0 aliphatic heterocycles. The minimum atomic E-state index is -0.304. The quantitative estimate of drug-likeness (QED) is 0.710. The standard InChI is InChI=1S/C21H25N3O2/c1-15-7-9-16(10-8-15)20(17-11-12-17)24-19(25)13-14-22-21(26)23-18-5-3-2-4-6-18/h2-10,17,20H,11-14H2,1H3,(H,24,25)(H2,22,23,26). The zero-order valence-corrected chi connectivity index (χ0v) is 15.0. The number of nitrogens with one attached hydrogen (secondary N) is 3. The number of carbonyl (C=O) groups excluding carboxylic acids is 2. The zero-order valence-electron chi connectivity index (χ0n) is 15.0. The second kappa shape index (κ2) is 8.52. The van der Waals surface area contributed by atoms with Crippen LogP contribution in [-0.2, 0) is 4.79 Å². The largest absolute Gasteiger partial charge is 0.349 e. The SMILES string of the molecule is Cc1ccc(C(NC(=O)CCNC(=O)Nc2ccccc2)C2CC2)cc1. The highest BCUT2D eigenvalue weighted by Crippen LogP contribution is 2.41. The van der Waals surface area contributed by atoms with Crippen molar-refractivity contribution >= 4 is 17.6 Å². The van der Waals surface area contributed by atoms with Crippen LogP contribution < -0.4 is 16.0 Å². The normalized spacial score (nSPS) is 14.3. The molecule has 2 aromatic carbocycles. The van der Waals surface area contributed by atoms with Crippen LogP contribution in [0, 0.1) is 12.8 Å². The minimum Gasteiger partial charge on any atom is -0.349 e. The van der Waals surface area contributed by atoms with Gasteiger partial charge in [-0.1, -0.05) is 48.0 Å². The van der Waals surface area contributed by atoms with Gasteiger partial charge in [-0.05, 0) is 43.4 Å². The second-order valence-electron chi connectivity index (χ2n) is 6.79. The summed E-state index contributed by atoms with van der Waals surface area (Å²) in [5.41, 5.74) is 3.09. The lowest BCUT2D eigenvalue weighted by Crippen LogP contribution is -2.35. The Morgan fingerprint density at radius 2 is 1.73 bits per heavy atom. The molecule has 0 aromatic heterocycles. The molecular formula is C21H25N3O2. The van der Waals surface area contributed by atoms with Gasteiger partial charge in [0, 0.05) is 18.7 Å². The number of aryl methyl sites for hydroxylation is 1. The Hall–Kier alpha value is -2.82. The van der Waals surface area contributed by atoms with Gasteiger partial charge >= 0.3 is 6.03 Å². The molecule has 3 amide bonds. The molecule has 0 radical (unpaired) electrons. The first-order valence-electron chi connectivity index (χ1n) is 9.07. The first-order chi connectivity index (χ1) is 12.6. The molecule has 3 N–H and O–H groups in total. The monoisotopic (exact) mass is 351 g/mol. The Bertz CT molecular complexity index is 740. The van der Waals surface area contributed by atoms with Crippen molar-refractivity contribution in [2.24, 2.45) is 5.92 Å². The molecule has 1 atom stereocenters. The smallest absolute Gasteiger partial charge is 0.319 e. The van der Waals surface area contributed by atoms with Gasteiger partial charge in [0.05, 0.1) is 6.04 Å². The second-order valence-corrected chi connectivity index (χ2v) is 6.79. The van der Waals surface area contributed by atoms with E-state index in [1.807, 2.05) is 30.3 Å². The summed E-state index contributed by atoms with van der Waals surface area (Å²) in [6, 6.07) is 17.3. The van der Waals surface area contributed by atoms with Gasteiger partial charge in [-0.2, -0.15) is 0 Å². The van der Waals surface area contributed by atoms with Gasteiger partial charge in [0.1, 0.15) is 0 Å². The van der Waals surface area contributed by atoms with Crippen LogP contribution in [-0.4, -0.2) is 18.5 Å². The first-order valence-corrected chi connectivity index (χ1v) is 9.07. The van der Waals surface area contributed by atoms with Crippen LogP contribution in [0.15, 0.2) is 54.6 Å². The molecule has 1 fully saturated rings. The molecule has 3 rings (SSSR count). The summed E-state index contributed by atoms with van der Waals surface area (Å²) in [5, 5.41) is 8.58. The van der Waals surface area contributed by atoms with E-state index in [-0.39, 0.29) is 24.4 Å². The Labute approximate surface area is 154 Å². The highest BCUT2D eigenvalue weighted by Gasteiger charge is 2.33. The number of anilines is 1. The predicted molar refractivity (Wildman–Crippen MR) is 103 cm³/mol. The van der Waals surface area contributed by atoms with Crippen molar-refractivity contribution in [3.8, 4) is 0 Å². The van der Waals surface area contributed by atoms with Gasteiger partial charge in [0.2, 0.25) is 5.91 Å². The molecule has 0 bridgehead atoms. The van der Waals surface area contributed by atoms with Crippen LogP contribution in [0.2, 0.25) is 0 Å². The maximum absolute atomic E-state index is 12.3. The van der Waals surface area contributed by atoms with Crippen molar-refractivity contribution < 1.29 is 9.59 Å². The third kappa shape index (κ3) is 5.34. The van der Waals surface area contributed by atoms with Crippen molar-refractivity contribution in [3.63, 3.8) is 0 Å². The highest BCUT2D eigenvalue weighted by atomic mass is 16.2. The zero-order chi connectivity index (χ0) is 18.4. The van der Waals surface area contributed by atoms with Crippen molar-refractivity contribution in [1.29, 1.82) is 0 Å². The van der Waals surface area contributed by atoms with E-state index in [4.69, 9.17) is 0 Å². The average Bonchev–Trinajstić information content (AvgIpc) is 3.46. The number of benzene rings is 2. The molecule has 0 saturated heterocycles.